The summed E-state index contributed by atoms with van der Waals surface area (Å²) in [6.07, 6.45) is 0.712. The number of nitrogens with zero attached hydrogens (tertiary/aromatic N) is 2. The molecular formula is C22H24ClFN2O2. The van der Waals surface area contributed by atoms with E-state index >= 15 is 0 Å². The summed E-state index contributed by atoms with van der Waals surface area (Å²) < 4.78 is 13.5. The van der Waals surface area contributed by atoms with E-state index in [1.165, 1.54) is 12.1 Å². The third-order valence-corrected chi connectivity index (χ3v) is 4.94. The fourth-order valence-corrected chi connectivity index (χ4v) is 3.37. The fourth-order valence-electron chi connectivity index (χ4n) is 3.18. The summed E-state index contributed by atoms with van der Waals surface area (Å²) in [5.41, 5.74) is 2.29. The van der Waals surface area contributed by atoms with E-state index in [4.69, 9.17) is 16.4 Å². The second-order valence-corrected chi connectivity index (χ2v) is 7.85. The lowest BCUT2D eigenvalue weighted by atomic mass is 10.0. The first kappa shape index (κ1) is 20.3. The minimum atomic E-state index is -0.309. The van der Waals surface area contributed by atoms with Gasteiger partial charge in [0, 0.05) is 30.0 Å². The van der Waals surface area contributed by atoms with Crippen molar-refractivity contribution in [3.05, 3.63) is 70.5 Å². The summed E-state index contributed by atoms with van der Waals surface area (Å²) in [7, 11) is 0. The smallest absolute Gasteiger partial charge is 0.223 e. The van der Waals surface area contributed by atoms with Gasteiger partial charge in [-0.2, -0.15) is 0 Å². The summed E-state index contributed by atoms with van der Waals surface area (Å²) in [5, 5.41) is 4.75. The van der Waals surface area contributed by atoms with Gasteiger partial charge in [-0.05, 0) is 29.7 Å². The van der Waals surface area contributed by atoms with Gasteiger partial charge in [0.25, 0.3) is 0 Å². The largest absolute Gasteiger partial charge is 0.390 e. The lowest BCUT2D eigenvalue weighted by molar-refractivity contribution is -0.134. The minimum Gasteiger partial charge on any atom is -0.390 e. The molecule has 0 fully saturated rings. The van der Waals surface area contributed by atoms with Crippen LogP contribution in [0.2, 0.25) is 5.02 Å². The van der Waals surface area contributed by atoms with Crippen LogP contribution >= 0.6 is 11.6 Å². The van der Waals surface area contributed by atoms with E-state index in [0.29, 0.717) is 42.2 Å². The summed E-state index contributed by atoms with van der Waals surface area (Å²) in [6.45, 7) is 4.85. The Morgan fingerprint density at radius 2 is 2.07 bits per heavy atom. The van der Waals surface area contributed by atoms with Crippen LogP contribution < -0.4 is 0 Å². The maximum Gasteiger partial charge on any atom is 0.223 e. The molecular weight excluding hydrogens is 379 g/mol. The van der Waals surface area contributed by atoms with Crippen LogP contribution in [-0.2, 0) is 16.2 Å². The minimum absolute atomic E-state index is 0.0534. The second kappa shape index (κ2) is 9.20. The first-order valence-electron chi connectivity index (χ1n) is 9.42. The number of halogens is 2. The lowest BCUT2D eigenvalue weighted by Crippen LogP contribution is -2.37. The lowest BCUT2D eigenvalue weighted by Gasteiger charge is -2.26. The summed E-state index contributed by atoms with van der Waals surface area (Å²) >= 11 is 6.29. The van der Waals surface area contributed by atoms with E-state index in [1.54, 1.807) is 17.0 Å². The Labute approximate surface area is 169 Å². The van der Waals surface area contributed by atoms with Crippen molar-refractivity contribution in [3.63, 3.8) is 0 Å². The predicted molar refractivity (Wildman–Crippen MR) is 109 cm³/mol. The van der Waals surface area contributed by atoms with Crippen molar-refractivity contribution in [3.8, 4) is 0 Å². The molecule has 0 saturated heterocycles. The molecule has 0 radical (unpaired) electrons. The van der Waals surface area contributed by atoms with E-state index in [0.717, 1.165) is 5.56 Å². The third kappa shape index (κ3) is 5.32. The Hall–Kier alpha value is -2.40. The zero-order chi connectivity index (χ0) is 20.1. The molecule has 6 heteroatoms. The predicted octanol–water partition coefficient (Wildman–Crippen LogP) is 5.05. The Morgan fingerprint density at radius 1 is 1.29 bits per heavy atom. The highest BCUT2D eigenvalue weighted by Gasteiger charge is 2.27. The first-order valence-corrected chi connectivity index (χ1v) is 9.80. The molecule has 4 nitrogen and oxygen atoms in total. The van der Waals surface area contributed by atoms with E-state index in [1.807, 2.05) is 38.1 Å². The number of amides is 1. The highest BCUT2D eigenvalue weighted by molar-refractivity contribution is 6.31. The molecule has 1 aliphatic heterocycles. The molecule has 1 heterocycles. The molecule has 0 N–H and O–H groups in total. The third-order valence-electron chi connectivity index (χ3n) is 4.57. The average Bonchev–Trinajstić information content (AvgIpc) is 3.11. The van der Waals surface area contributed by atoms with E-state index in [2.05, 4.69) is 5.16 Å². The molecule has 1 aliphatic rings. The quantitative estimate of drug-likeness (QED) is 0.650. The highest BCUT2D eigenvalue weighted by Crippen LogP contribution is 2.22. The molecule has 0 saturated carbocycles. The van der Waals surface area contributed by atoms with Gasteiger partial charge in [-0.1, -0.05) is 60.9 Å². The SMILES string of the molecule is CC(C)CC(=O)N(Cc1ccccc1Cl)CC1CC(c2cccc(F)c2)=NO1. The molecule has 2 aromatic carbocycles. The molecule has 148 valence electrons. The van der Waals surface area contributed by atoms with Crippen molar-refractivity contribution < 1.29 is 14.0 Å². The van der Waals surface area contributed by atoms with Crippen molar-refractivity contribution in [1.82, 2.24) is 4.90 Å². The normalized spacial score (nSPS) is 16.0. The van der Waals surface area contributed by atoms with Crippen LogP contribution in [0.5, 0.6) is 0 Å². The standard InChI is InChI=1S/C22H24ClFN2O2/c1-15(2)10-22(27)26(13-17-6-3-4-9-20(17)23)14-19-12-21(25-28-19)16-7-5-8-18(24)11-16/h3-9,11,15,19H,10,12-14H2,1-2H3. The van der Waals surface area contributed by atoms with Crippen LogP contribution in [0, 0.1) is 11.7 Å². The molecule has 2 aromatic rings. The molecule has 1 unspecified atom stereocenters. The van der Waals surface area contributed by atoms with E-state index in [-0.39, 0.29) is 23.7 Å². The van der Waals surface area contributed by atoms with Crippen molar-refractivity contribution in [2.75, 3.05) is 6.54 Å². The highest BCUT2D eigenvalue weighted by atomic mass is 35.5. The van der Waals surface area contributed by atoms with Crippen molar-refractivity contribution >= 4 is 23.2 Å². The van der Waals surface area contributed by atoms with Crippen LogP contribution in [0.25, 0.3) is 0 Å². The fraction of sp³-hybridized carbons (Fsp3) is 0.364. The van der Waals surface area contributed by atoms with Gasteiger partial charge in [0.15, 0.2) is 6.10 Å². The molecule has 0 aromatic heterocycles. The van der Waals surface area contributed by atoms with Gasteiger partial charge in [0.2, 0.25) is 5.91 Å². The zero-order valence-electron chi connectivity index (χ0n) is 16.1. The van der Waals surface area contributed by atoms with Gasteiger partial charge < -0.3 is 9.74 Å². The van der Waals surface area contributed by atoms with Crippen LogP contribution in [0.4, 0.5) is 4.39 Å². The van der Waals surface area contributed by atoms with Crippen LogP contribution in [0.15, 0.2) is 53.7 Å². The summed E-state index contributed by atoms with van der Waals surface area (Å²) in [4.78, 5) is 20.1. The first-order chi connectivity index (χ1) is 13.4. The van der Waals surface area contributed by atoms with Crippen LogP contribution in [0.3, 0.4) is 0 Å². The molecule has 28 heavy (non-hydrogen) atoms. The zero-order valence-corrected chi connectivity index (χ0v) is 16.8. The van der Waals surface area contributed by atoms with Crippen molar-refractivity contribution in [1.29, 1.82) is 0 Å². The molecule has 0 spiro atoms. The number of carbonyl (C=O) groups excluding carboxylic acids is 1. The topological polar surface area (TPSA) is 41.9 Å². The average molecular weight is 403 g/mol. The van der Waals surface area contributed by atoms with Gasteiger partial charge in [-0.15, -0.1) is 0 Å². The van der Waals surface area contributed by atoms with Gasteiger partial charge in [-0.25, -0.2) is 4.39 Å². The number of rotatable bonds is 7. The number of hydrogen-bond acceptors (Lipinski definition) is 3. The number of carbonyl (C=O) groups is 1. The Bertz CT molecular complexity index is 869. The van der Waals surface area contributed by atoms with Crippen LogP contribution in [0.1, 0.15) is 37.8 Å². The van der Waals surface area contributed by atoms with Gasteiger partial charge in [0.1, 0.15) is 5.82 Å². The second-order valence-electron chi connectivity index (χ2n) is 7.44. The monoisotopic (exact) mass is 402 g/mol. The number of benzene rings is 2. The van der Waals surface area contributed by atoms with Crippen molar-refractivity contribution in [2.24, 2.45) is 11.1 Å². The van der Waals surface area contributed by atoms with E-state index in [9.17, 15) is 9.18 Å². The number of oxime groups is 1. The van der Waals surface area contributed by atoms with Gasteiger partial charge in [-0.3, -0.25) is 4.79 Å². The Balaban J connectivity index is 1.69. The molecule has 0 aliphatic carbocycles. The molecule has 3 rings (SSSR count). The molecule has 1 atom stereocenters. The van der Waals surface area contributed by atoms with Crippen molar-refractivity contribution in [2.45, 2.75) is 39.3 Å². The molecule has 1 amide bonds. The van der Waals surface area contributed by atoms with Crippen LogP contribution in [-0.4, -0.2) is 29.2 Å². The number of hydrogen-bond donors (Lipinski definition) is 0. The van der Waals surface area contributed by atoms with Gasteiger partial charge >= 0.3 is 0 Å². The van der Waals surface area contributed by atoms with Gasteiger partial charge in [0.05, 0.1) is 12.3 Å². The summed E-state index contributed by atoms with van der Waals surface area (Å²) in [5.74, 6) is -0.00122. The Morgan fingerprint density at radius 3 is 2.79 bits per heavy atom. The molecule has 0 bridgehead atoms. The van der Waals surface area contributed by atoms with E-state index < -0.39 is 0 Å². The summed E-state index contributed by atoms with van der Waals surface area (Å²) in [6, 6.07) is 13.8. The maximum atomic E-state index is 13.5. The maximum absolute atomic E-state index is 13.5. The Kier molecular flexibility index (Phi) is 6.68.